The van der Waals surface area contributed by atoms with Gasteiger partial charge in [-0.05, 0) is 67.6 Å². The Morgan fingerprint density at radius 1 is 0.846 bits per heavy atom. The molecule has 0 unspecified atom stereocenters. The maximum atomic E-state index is 5.94. The minimum atomic E-state index is 0.273. The van der Waals surface area contributed by atoms with Crippen molar-refractivity contribution in [2.24, 2.45) is 0 Å². The van der Waals surface area contributed by atoms with Crippen molar-refractivity contribution in [3.8, 4) is 11.3 Å². The molecule has 0 aliphatic heterocycles. The molecule has 3 rings (SSSR count). The number of aryl methyl sites for hydroxylation is 3. The van der Waals surface area contributed by atoms with Crippen LogP contribution in [0.1, 0.15) is 22.3 Å². The van der Waals surface area contributed by atoms with Crippen LogP contribution in [0.4, 0.5) is 17.5 Å². The molecule has 3 aromatic rings. The molecule has 5 N–H and O–H groups in total. The Bertz CT molecular complexity index is 916. The van der Waals surface area contributed by atoms with Gasteiger partial charge in [-0.2, -0.15) is 4.98 Å². The number of nitrogens with one attached hydrogen (secondary N) is 1. The average Bonchev–Trinajstić information content (AvgIpc) is 2.59. The SMILES string of the molecule is Cc1cc(C)c(-c2cc(NCCc3ccc(N)cc3)nc(N)n2)cc1C. The predicted octanol–water partition coefficient (Wildman–Crippen LogP) is 3.89. The molecule has 0 saturated heterocycles. The Hall–Kier alpha value is -3.08. The van der Waals surface area contributed by atoms with Crippen molar-refractivity contribution in [1.82, 2.24) is 9.97 Å². The van der Waals surface area contributed by atoms with Crippen LogP contribution >= 0.6 is 0 Å². The number of nitrogens with two attached hydrogens (primary N) is 2. The van der Waals surface area contributed by atoms with Gasteiger partial charge in [0.25, 0.3) is 0 Å². The maximum Gasteiger partial charge on any atom is 0.222 e. The zero-order valence-corrected chi connectivity index (χ0v) is 15.5. The van der Waals surface area contributed by atoms with Gasteiger partial charge < -0.3 is 16.8 Å². The van der Waals surface area contributed by atoms with E-state index in [4.69, 9.17) is 11.5 Å². The number of anilines is 3. The molecule has 0 amide bonds. The fourth-order valence-corrected chi connectivity index (χ4v) is 2.95. The number of aromatic nitrogens is 2. The molecule has 2 aromatic carbocycles. The minimum absolute atomic E-state index is 0.273. The van der Waals surface area contributed by atoms with Crippen LogP contribution in [0.15, 0.2) is 42.5 Å². The van der Waals surface area contributed by atoms with Crippen LogP contribution in [0.2, 0.25) is 0 Å². The third-order valence-electron chi connectivity index (χ3n) is 4.56. The second kappa shape index (κ2) is 7.44. The topological polar surface area (TPSA) is 89.8 Å². The number of hydrogen-bond donors (Lipinski definition) is 3. The highest BCUT2D eigenvalue weighted by atomic mass is 15.1. The fourth-order valence-electron chi connectivity index (χ4n) is 2.95. The van der Waals surface area contributed by atoms with E-state index in [-0.39, 0.29) is 5.95 Å². The molecule has 5 nitrogen and oxygen atoms in total. The summed E-state index contributed by atoms with van der Waals surface area (Å²) in [6.45, 7) is 7.07. The molecule has 0 aliphatic carbocycles. The molecule has 5 heteroatoms. The van der Waals surface area contributed by atoms with Crippen molar-refractivity contribution in [2.45, 2.75) is 27.2 Å². The van der Waals surface area contributed by atoms with Gasteiger partial charge in [0.1, 0.15) is 5.82 Å². The van der Waals surface area contributed by atoms with Gasteiger partial charge in [0.15, 0.2) is 0 Å². The van der Waals surface area contributed by atoms with Gasteiger partial charge in [0, 0.05) is 23.9 Å². The lowest BCUT2D eigenvalue weighted by molar-refractivity contribution is 1.00. The quantitative estimate of drug-likeness (QED) is 0.609. The van der Waals surface area contributed by atoms with Gasteiger partial charge in [0.05, 0.1) is 5.69 Å². The molecule has 0 saturated carbocycles. The van der Waals surface area contributed by atoms with E-state index in [1.54, 1.807) is 0 Å². The van der Waals surface area contributed by atoms with Gasteiger partial charge in [-0.25, -0.2) is 4.98 Å². The minimum Gasteiger partial charge on any atom is -0.399 e. The van der Waals surface area contributed by atoms with Crippen molar-refractivity contribution in [2.75, 3.05) is 23.3 Å². The van der Waals surface area contributed by atoms with Crippen LogP contribution in [0.25, 0.3) is 11.3 Å². The van der Waals surface area contributed by atoms with Crippen LogP contribution in [0.3, 0.4) is 0 Å². The van der Waals surface area contributed by atoms with E-state index < -0.39 is 0 Å². The Morgan fingerprint density at radius 3 is 2.27 bits per heavy atom. The lowest BCUT2D eigenvalue weighted by atomic mass is 9.98. The average molecular weight is 347 g/mol. The summed E-state index contributed by atoms with van der Waals surface area (Å²) in [7, 11) is 0. The monoisotopic (exact) mass is 347 g/mol. The van der Waals surface area contributed by atoms with Crippen molar-refractivity contribution in [3.63, 3.8) is 0 Å². The normalized spacial score (nSPS) is 10.7. The summed E-state index contributed by atoms with van der Waals surface area (Å²) in [6, 6.07) is 14.2. The molecule has 26 heavy (non-hydrogen) atoms. The van der Waals surface area contributed by atoms with Crippen molar-refractivity contribution >= 4 is 17.5 Å². The number of rotatable bonds is 5. The molecule has 0 fully saturated rings. The van der Waals surface area contributed by atoms with Crippen molar-refractivity contribution in [1.29, 1.82) is 0 Å². The lowest BCUT2D eigenvalue weighted by Crippen LogP contribution is -2.09. The molecule has 1 aromatic heterocycles. The maximum absolute atomic E-state index is 5.94. The Balaban J connectivity index is 1.77. The molecule has 1 heterocycles. The van der Waals surface area contributed by atoms with E-state index in [0.29, 0.717) is 0 Å². The first-order chi connectivity index (χ1) is 12.4. The summed E-state index contributed by atoms with van der Waals surface area (Å²) < 4.78 is 0. The predicted molar refractivity (Wildman–Crippen MR) is 109 cm³/mol. The molecule has 0 radical (unpaired) electrons. The van der Waals surface area contributed by atoms with Gasteiger partial charge >= 0.3 is 0 Å². The van der Waals surface area contributed by atoms with E-state index >= 15 is 0 Å². The standard InChI is InChI=1S/C21H25N5/c1-13-10-15(3)18(11-14(13)2)19-12-20(26-21(23)25-19)24-9-8-16-4-6-17(22)7-5-16/h4-7,10-12H,8-9,22H2,1-3H3,(H3,23,24,25,26). The third kappa shape index (κ3) is 4.11. The summed E-state index contributed by atoms with van der Waals surface area (Å²) in [5.41, 5.74) is 19.3. The number of benzene rings is 2. The first-order valence-corrected chi connectivity index (χ1v) is 8.73. The largest absolute Gasteiger partial charge is 0.399 e. The molecule has 0 atom stereocenters. The fraction of sp³-hybridized carbons (Fsp3) is 0.238. The van der Waals surface area contributed by atoms with Gasteiger partial charge in [-0.15, -0.1) is 0 Å². The van der Waals surface area contributed by atoms with E-state index in [1.165, 1.54) is 22.3 Å². The van der Waals surface area contributed by atoms with E-state index in [9.17, 15) is 0 Å². The van der Waals surface area contributed by atoms with E-state index in [0.717, 1.165) is 35.7 Å². The Labute approximate surface area is 154 Å². The third-order valence-corrected chi connectivity index (χ3v) is 4.56. The summed E-state index contributed by atoms with van der Waals surface area (Å²) in [5, 5.41) is 3.34. The van der Waals surface area contributed by atoms with Gasteiger partial charge in [-0.1, -0.05) is 18.2 Å². The Morgan fingerprint density at radius 2 is 1.54 bits per heavy atom. The number of nitrogens with zero attached hydrogens (tertiary/aromatic N) is 2. The zero-order chi connectivity index (χ0) is 18.7. The number of hydrogen-bond acceptors (Lipinski definition) is 5. The zero-order valence-electron chi connectivity index (χ0n) is 15.5. The lowest BCUT2D eigenvalue weighted by Gasteiger charge is -2.12. The first-order valence-electron chi connectivity index (χ1n) is 8.73. The smallest absolute Gasteiger partial charge is 0.222 e. The highest BCUT2D eigenvalue weighted by Gasteiger charge is 2.09. The van der Waals surface area contributed by atoms with E-state index in [2.05, 4.69) is 48.2 Å². The Kier molecular flexibility index (Phi) is 5.07. The highest BCUT2D eigenvalue weighted by molar-refractivity contribution is 5.68. The van der Waals surface area contributed by atoms with Crippen LogP contribution in [-0.4, -0.2) is 16.5 Å². The molecule has 134 valence electrons. The van der Waals surface area contributed by atoms with Gasteiger partial charge in [0.2, 0.25) is 5.95 Å². The first kappa shape index (κ1) is 17.7. The van der Waals surface area contributed by atoms with Gasteiger partial charge in [-0.3, -0.25) is 0 Å². The van der Waals surface area contributed by atoms with Crippen LogP contribution in [0, 0.1) is 20.8 Å². The van der Waals surface area contributed by atoms with E-state index in [1.807, 2.05) is 30.3 Å². The summed E-state index contributed by atoms with van der Waals surface area (Å²) in [4.78, 5) is 8.73. The second-order valence-corrected chi connectivity index (χ2v) is 6.67. The van der Waals surface area contributed by atoms with Crippen LogP contribution < -0.4 is 16.8 Å². The molecule has 0 aliphatic rings. The molecule has 0 bridgehead atoms. The van der Waals surface area contributed by atoms with Crippen molar-refractivity contribution < 1.29 is 0 Å². The van der Waals surface area contributed by atoms with Crippen molar-refractivity contribution in [3.05, 3.63) is 64.7 Å². The summed E-state index contributed by atoms with van der Waals surface area (Å²) in [6.07, 6.45) is 0.877. The molecular formula is C21H25N5. The summed E-state index contributed by atoms with van der Waals surface area (Å²) in [5.74, 6) is 1.01. The van der Waals surface area contributed by atoms with Crippen LogP contribution in [-0.2, 0) is 6.42 Å². The molecule has 0 spiro atoms. The highest BCUT2D eigenvalue weighted by Crippen LogP contribution is 2.27. The molecular weight excluding hydrogens is 322 g/mol. The summed E-state index contributed by atoms with van der Waals surface area (Å²) >= 11 is 0. The second-order valence-electron chi connectivity index (χ2n) is 6.67. The van der Waals surface area contributed by atoms with Crippen LogP contribution in [0.5, 0.6) is 0 Å². The number of nitrogen functional groups attached to an aromatic ring is 2.